The summed E-state index contributed by atoms with van der Waals surface area (Å²) in [5.74, 6) is 1.74. The molecule has 0 saturated heterocycles. The molecule has 0 saturated carbocycles. The molecular formula is C16H19BrO3. The molecule has 0 radical (unpaired) electrons. The third-order valence-electron chi connectivity index (χ3n) is 3.53. The third kappa shape index (κ3) is 3.42. The van der Waals surface area contributed by atoms with Crippen LogP contribution >= 0.6 is 15.9 Å². The van der Waals surface area contributed by atoms with Gasteiger partial charge in [-0.15, -0.1) is 0 Å². The van der Waals surface area contributed by atoms with E-state index >= 15 is 0 Å². The van der Waals surface area contributed by atoms with Gasteiger partial charge in [0.25, 0.3) is 0 Å². The van der Waals surface area contributed by atoms with E-state index in [0.29, 0.717) is 24.0 Å². The lowest BCUT2D eigenvalue weighted by molar-refractivity contribution is 0.227. The summed E-state index contributed by atoms with van der Waals surface area (Å²) >= 11 is 3.51. The second-order valence-corrected chi connectivity index (χ2v) is 6.02. The summed E-state index contributed by atoms with van der Waals surface area (Å²) in [7, 11) is 0. The van der Waals surface area contributed by atoms with Crippen LogP contribution in [0.2, 0.25) is 0 Å². The molecule has 1 heterocycles. The first-order valence-electron chi connectivity index (χ1n) is 6.74. The normalized spacial score (nSPS) is 12.8. The summed E-state index contributed by atoms with van der Waals surface area (Å²) in [5, 5.41) is 1.85. The zero-order valence-corrected chi connectivity index (χ0v) is 13.6. The molecule has 0 bridgehead atoms. The van der Waals surface area contributed by atoms with Gasteiger partial charge in [0.05, 0.1) is 6.61 Å². The Bertz CT molecular complexity index is 646. The van der Waals surface area contributed by atoms with Crippen molar-refractivity contribution in [3.05, 3.63) is 40.2 Å². The molecule has 0 fully saturated rings. The summed E-state index contributed by atoms with van der Waals surface area (Å²) in [6.07, 6.45) is 0. The highest BCUT2D eigenvalue weighted by Crippen LogP contribution is 2.23. The van der Waals surface area contributed by atoms with E-state index < -0.39 is 0 Å². The molecule has 0 aliphatic carbocycles. The van der Waals surface area contributed by atoms with Gasteiger partial charge in [0.2, 0.25) is 0 Å². The molecule has 2 aromatic rings. The van der Waals surface area contributed by atoms with Gasteiger partial charge >= 0.3 is 5.63 Å². The number of rotatable bonds is 5. The van der Waals surface area contributed by atoms with Crippen LogP contribution in [0, 0.1) is 18.8 Å². The molecule has 0 aliphatic heterocycles. The van der Waals surface area contributed by atoms with Crippen LogP contribution in [0.3, 0.4) is 0 Å². The number of halogens is 1. The lowest BCUT2D eigenvalue weighted by Gasteiger charge is -2.18. The minimum Gasteiger partial charge on any atom is -0.493 e. The standard InChI is InChI=1S/C16H19BrO3/c1-10(2)12(8-17)9-19-13-4-5-14-11(3)6-16(18)20-15(14)7-13/h4-7,10,12H,8-9H2,1-3H3. The van der Waals surface area contributed by atoms with Crippen LogP contribution < -0.4 is 10.4 Å². The van der Waals surface area contributed by atoms with Crippen LogP contribution in [0.15, 0.2) is 33.5 Å². The Hall–Kier alpha value is -1.29. The minimum atomic E-state index is -0.326. The molecule has 1 aromatic carbocycles. The third-order valence-corrected chi connectivity index (χ3v) is 4.36. The van der Waals surface area contributed by atoms with Crippen LogP contribution in [0.5, 0.6) is 5.75 Å². The fourth-order valence-corrected chi connectivity index (χ4v) is 2.95. The Labute approximate surface area is 127 Å². The zero-order chi connectivity index (χ0) is 14.7. The Balaban J connectivity index is 2.22. The maximum Gasteiger partial charge on any atom is 0.336 e. The maximum atomic E-state index is 11.4. The quantitative estimate of drug-likeness (QED) is 0.607. The predicted molar refractivity (Wildman–Crippen MR) is 84.8 cm³/mol. The highest BCUT2D eigenvalue weighted by Gasteiger charge is 2.13. The van der Waals surface area contributed by atoms with E-state index in [1.54, 1.807) is 6.07 Å². The molecule has 3 nitrogen and oxygen atoms in total. The van der Waals surface area contributed by atoms with Crippen LogP contribution in [-0.4, -0.2) is 11.9 Å². The lowest BCUT2D eigenvalue weighted by Crippen LogP contribution is -2.19. The first-order chi connectivity index (χ1) is 9.51. The zero-order valence-electron chi connectivity index (χ0n) is 12.0. The second-order valence-electron chi connectivity index (χ2n) is 5.38. The van der Waals surface area contributed by atoms with E-state index in [9.17, 15) is 4.79 Å². The van der Waals surface area contributed by atoms with Crippen molar-refractivity contribution in [2.45, 2.75) is 20.8 Å². The van der Waals surface area contributed by atoms with Crippen LogP contribution in [0.25, 0.3) is 11.0 Å². The van der Waals surface area contributed by atoms with Crippen molar-refractivity contribution in [1.29, 1.82) is 0 Å². The van der Waals surface area contributed by atoms with Crippen molar-refractivity contribution in [1.82, 2.24) is 0 Å². The molecule has 108 valence electrons. The fraction of sp³-hybridized carbons (Fsp3) is 0.438. The Kier molecular flexibility index (Phi) is 4.86. The topological polar surface area (TPSA) is 39.4 Å². The number of ether oxygens (including phenoxy) is 1. The monoisotopic (exact) mass is 338 g/mol. The van der Waals surface area contributed by atoms with Gasteiger partial charge in [0.1, 0.15) is 11.3 Å². The number of hydrogen-bond acceptors (Lipinski definition) is 3. The molecule has 0 N–H and O–H groups in total. The Morgan fingerprint density at radius 2 is 2.05 bits per heavy atom. The molecule has 0 aliphatic rings. The SMILES string of the molecule is Cc1cc(=O)oc2cc(OCC(CBr)C(C)C)ccc12. The van der Waals surface area contributed by atoms with E-state index in [2.05, 4.69) is 29.8 Å². The van der Waals surface area contributed by atoms with E-state index in [-0.39, 0.29) is 5.63 Å². The Morgan fingerprint density at radius 3 is 2.70 bits per heavy atom. The molecule has 1 aromatic heterocycles. The fourth-order valence-electron chi connectivity index (χ4n) is 2.01. The van der Waals surface area contributed by atoms with Gasteiger partial charge in [0, 0.05) is 28.8 Å². The summed E-state index contributed by atoms with van der Waals surface area (Å²) < 4.78 is 11.0. The van der Waals surface area contributed by atoms with Crippen molar-refractivity contribution in [2.75, 3.05) is 11.9 Å². The number of benzene rings is 1. The van der Waals surface area contributed by atoms with Crippen LogP contribution in [-0.2, 0) is 0 Å². The summed E-state index contributed by atoms with van der Waals surface area (Å²) in [5.41, 5.74) is 1.17. The number of hydrogen-bond donors (Lipinski definition) is 0. The summed E-state index contributed by atoms with van der Waals surface area (Å²) in [6.45, 7) is 6.90. The predicted octanol–water partition coefficient (Wildman–Crippen LogP) is 4.15. The van der Waals surface area contributed by atoms with Crippen LogP contribution in [0.1, 0.15) is 19.4 Å². The minimum absolute atomic E-state index is 0.326. The average molecular weight is 339 g/mol. The average Bonchev–Trinajstić information content (AvgIpc) is 2.38. The van der Waals surface area contributed by atoms with E-state index in [1.165, 1.54) is 6.07 Å². The first kappa shape index (κ1) is 15.1. The highest BCUT2D eigenvalue weighted by atomic mass is 79.9. The van der Waals surface area contributed by atoms with Gasteiger partial charge in [0.15, 0.2) is 0 Å². The molecule has 0 spiro atoms. The van der Waals surface area contributed by atoms with Gasteiger partial charge in [-0.3, -0.25) is 0 Å². The van der Waals surface area contributed by atoms with Gasteiger partial charge in [-0.1, -0.05) is 29.8 Å². The molecule has 1 unspecified atom stereocenters. The van der Waals surface area contributed by atoms with E-state index in [0.717, 1.165) is 22.0 Å². The number of fused-ring (bicyclic) bond motifs is 1. The van der Waals surface area contributed by atoms with Crippen LogP contribution in [0.4, 0.5) is 0 Å². The van der Waals surface area contributed by atoms with Gasteiger partial charge in [-0.25, -0.2) is 4.79 Å². The largest absolute Gasteiger partial charge is 0.493 e. The smallest absolute Gasteiger partial charge is 0.336 e. The van der Waals surface area contributed by atoms with Gasteiger partial charge in [-0.05, 0) is 30.5 Å². The van der Waals surface area contributed by atoms with Gasteiger partial charge < -0.3 is 9.15 Å². The summed E-state index contributed by atoms with van der Waals surface area (Å²) in [6, 6.07) is 7.14. The van der Waals surface area contributed by atoms with Crippen molar-refractivity contribution < 1.29 is 9.15 Å². The molecule has 2 rings (SSSR count). The van der Waals surface area contributed by atoms with Crippen molar-refractivity contribution in [3.8, 4) is 5.75 Å². The highest BCUT2D eigenvalue weighted by molar-refractivity contribution is 9.09. The Morgan fingerprint density at radius 1 is 1.30 bits per heavy atom. The lowest BCUT2D eigenvalue weighted by atomic mass is 9.99. The molecule has 1 atom stereocenters. The number of alkyl halides is 1. The van der Waals surface area contributed by atoms with Crippen molar-refractivity contribution in [3.63, 3.8) is 0 Å². The molecule has 4 heteroatoms. The molecule has 0 amide bonds. The maximum absolute atomic E-state index is 11.4. The molecular weight excluding hydrogens is 320 g/mol. The van der Waals surface area contributed by atoms with Crippen molar-refractivity contribution >= 4 is 26.9 Å². The van der Waals surface area contributed by atoms with Crippen molar-refractivity contribution in [2.24, 2.45) is 11.8 Å². The van der Waals surface area contributed by atoms with Gasteiger partial charge in [-0.2, -0.15) is 0 Å². The first-order valence-corrected chi connectivity index (χ1v) is 7.86. The second kappa shape index (κ2) is 6.44. The van der Waals surface area contributed by atoms with E-state index in [4.69, 9.17) is 9.15 Å². The molecule has 20 heavy (non-hydrogen) atoms. The van der Waals surface area contributed by atoms with E-state index in [1.807, 2.05) is 19.1 Å². The number of aryl methyl sites for hydroxylation is 1. The summed E-state index contributed by atoms with van der Waals surface area (Å²) in [4.78, 5) is 11.4.